The molecule has 2 atom stereocenters. The molecule has 0 amide bonds. The number of ketones is 1. The van der Waals surface area contributed by atoms with Crippen molar-refractivity contribution in [2.45, 2.75) is 18.9 Å². The van der Waals surface area contributed by atoms with Gasteiger partial charge in [0.2, 0.25) is 0 Å². The van der Waals surface area contributed by atoms with Crippen LogP contribution in [0.1, 0.15) is 17.5 Å². The van der Waals surface area contributed by atoms with Gasteiger partial charge in [-0.15, -0.1) is 0 Å². The highest BCUT2D eigenvalue weighted by molar-refractivity contribution is 6.05. The largest absolute Gasteiger partial charge is 0.493 e. The van der Waals surface area contributed by atoms with Crippen LogP contribution in [0.3, 0.4) is 0 Å². The van der Waals surface area contributed by atoms with Crippen LogP contribution >= 0.6 is 0 Å². The monoisotopic (exact) mass is 339 g/mol. The van der Waals surface area contributed by atoms with E-state index in [2.05, 4.69) is 4.90 Å². The van der Waals surface area contributed by atoms with Gasteiger partial charge in [-0.3, -0.25) is 9.59 Å². The van der Waals surface area contributed by atoms with Crippen LogP contribution in [0.15, 0.2) is 30.0 Å². The maximum absolute atomic E-state index is 12.6. The van der Waals surface area contributed by atoms with Crippen LogP contribution in [0.25, 0.3) is 5.70 Å². The minimum Gasteiger partial charge on any atom is -0.493 e. The zero-order chi connectivity index (χ0) is 17.3. The first kappa shape index (κ1) is 14.6. The Morgan fingerprint density at radius 3 is 2.72 bits per heavy atom. The second kappa shape index (κ2) is 4.65. The Balaban J connectivity index is 1.71. The van der Waals surface area contributed by atoms with Crippen LogP contribution in [-0.4, -0.2) is 43.5 Å². The molecule has 128 valence electrons. The van der Waals surface area contributed by atoms with Crippen LogP contribution in [0.2, 0.25) is 0 Å². The molecule has 1 aromatic carbocycles. The third kappa shape index (κ3) is 1.69. The molecule has 0 N–H and O–H groups in total. The summed E-state index contributed by atoms with van der Waals surface area (Å²) in [5, 5.41) is 0. The smallest absolute Gasteiger partial charge is 0.322 e. The molecule has 0 aromatic heterocycles. The van der Waals surface area contributed by atoms with Gasteiger partial charge in [0.05, 0.1) is 14.2 Å². The molecule has 0 unspecified atom stereocenters. The number of carbonyl (C=O) groups excluding carboxylic acids is 2. The average Bonchev–Trinajstić information content (AvgIpc) is 3.10. The minimum absolute atomic E-state index is 0.121. The summed E-state index contributed by atoms with van der Waals surface area (Å²) in [6.07, 6.45) is 4.12. The standard InChI is InChI=1S/C19H17NO5/c1-23-14-5-10-3-4-20-12(11(10)6-15(14)24-2)8-19-9-16(25-18(19)22)13(21)7-17(19)20/h5-8,16H,3-4,9H2,1-2H3/t16-,19+/m1/s1. The molecular formula is C19H17NO5. The fourth-order valence-electron chi connectivity index (χ4n) is 4.39. The summed E-state index contributed by atoms with van der Waals surface area (Å²) in [5.74, 6) is 0.898. The van der Waals surface area contributed by atoms with Gasteiger partial charge in [-0.2, -0.15) is 0 Å². The number of esters is 1. The van der Waals surface area contributed by atoms with E-state index in [1.54, 1.807) is 20.3 Å². The van der Waals surface area contributed by atoms with Gasteiger partial charge in [-0.1, -0.05) is 0 Å². The van der Waals surface area contributed by atoms with Gasteiger partial charge in [0.1, 0.15) is 5.41 Å². The Morgan fingerprint density at radius 2 is 1.96 bits per heavy atom. The van der Waals surface area contributed by atoms with Crippen molar-refractivity contribution in [2.75, 3.05) is 20.8 Å². The molecule has 5 rings (SSSR count). The fraction of sp³-hybridized carbons (Fsp3) is 0.368. The number of rotatable bonds is 2. The van der Waals surface area contributed by atoms with Gasteiger partial charge in [0.25, 0.3) is 0 Å². The van der Waals surface area contributed by atoms with Gasteiger partial charge in [0, 0.05) is 36.0 Å². The Kier molecular flexibility index (Phi) is 2.71. The van der Waals surface area contributed by atoms with Crippen molar-refractivity contribution in [3.63, 3.8) is 0 Å². The summed E-state index contributed by atoms with van der Waals surface area (Å²) >= 11 is 0. The van der Waals surface area contributed by atoms with E-state index in [-0.39, 0.29) is 11.8 Å². The highest BCUT2D eigenvalue weighted by atomic mass is 16.6. The molecule has 4 aliphatic rings. The first-order valence-electron chi connectivity index (χ1n) is 8.30. The summed E-state index contributed by atoms with van der Waals surface area (Å²) in [6, 6.07) is 3.93. The second-order valence-corrected chi connectivity index (χ2v) is 6.80. The molecule has 1 aromatic rings. The molecule has 2 bridgehead atoms. The predicted molar refractivity (Wildman–Crippen MR) is 88.0 cm³/mol. The van der Waals surface area contributed by atoms with E-state index < -0.39 is 11.5 Å². The fourth-order valence-corrected chi connectivity index (χ4v) is 4.39. The molecule has 25 heavy (non-hydrogen) atoms. The van der Waals surface area contributed by atoms with Crippen LogP contribution in [0, 0.1) is 5.41 Å². The predicted octanol–water partition coefficient (Wildman–Crippen LogP) is 1.68. The quantitative estimate of drug-likeness (QED) is 0.764. The maximum atomic E-state index is 12.6. The summed E-state index contributed by atoms with van der Waals surface area (Å²) in [4.78, 5) is 26.8. The van der Waals surface area contributed by atoms with Crippen LogP contribution < -0.4 is 9.47 Å². The van der Waals surface area contributed by atoms with Gasteiger partial charge in [-0.25, -0.2) is 0 Å². The van der Waals surface area contributed by atoms with Crippen molar-refractivity contribution >= 4 is 17.4 Å². The number of methoxy groups -OCH3 is 2. The Hall–Kier alpha value is -2.76. The number of nitrogens with zero attached hydrogens (tertiary/aromatic N) is 1. The zero-order valence-electron chi connectivity index (χ0n) is 14.0. The molecule has 0 saturated carbocycles. The number of carbonyl (C=O) groups is 2. The van der Waals surface area contributed by atoms with Gasteiger partial charge >= 0.3 is 5.97 Å². The van der Waals surface area contributed by atoms with Crippen molar-refractivity contribution in [1.29, 1.82) is 0 Å². The van der Waals surface area contributed by atoms with E-state index in [9.17, 15) is 9.59 Å². The average molecular weight is 339 g/mol. The molecule has 3 heterocycles. The van der Waals surface area contributed by atoms with E-state index in [1.807, 2.05) is 18.2 Å². The lowest BCUT2D eigenvalue weighted by atomic mass is 9.78. The highest BCUT2D eigenvalue weighted by Gasteiger charge is 2.60. The third-order valence-corrected chi connectivity index (χ3v) is 5.63. The van der Waals surface area contributed by atoms with E-state index >= 15 is 0 Å². The summed E-state index contributed by atoms with van der Waals surface area (Å²) < 4.78 is 16.2. The Labute approximate surface area is 144 Å². The van der Waals surface area contributed by atoms with Crippen LogP contribution in [0.4, 0.5) is 0 Å². The number of hydrogen-bond donors (Lipinski definition) is 0. The van der Waals surface area contributed by atoms with Gasteiger partial charge in [0.15, 0.2) is 23.4 Å². The maximum Gasteiger partial charge on any atom is 0.322 e. The van der Waals surface area contributed by atoms with Crippen LogP contribution in [-0.2, 0) is 20.7 Å². The second-order valence-electron chi connectivity index (χ2n) is 6.80. The van der Waals surface area contributed by atoms with Crippen molar-refractivity contribution < 1.29 is 23.8 Å². The molecule has 3 aliphatic heterocycles. The van der Waals surface area contributed by atoms with Crippen LogP contribution in [0.5, 0.6) is 11.5 Å². The van der Waals surface area contributed by atoms with Crippen molar-refractivity contribution in [2.24, 2.45) is 5.41 Å². The van der Waals surface area contributed by atoms with E-state index in [0.29, 0.717) is 24.5 Å². The molecule has 1 aliphatic carbocycles. The van der Waals surface area contributed by atoms with Gasteiger partial charge in [-0.05, 0) is 30.2 Å². The van der Waals surface area contributed by atoms with Gasteiger partial charge < -0.3 is 19.1 Å². The molecule has 1 spiro atoms. The van der Waals surface area contributed by atoms with E-state index in [1.165, 1.54) is 0 Å². The lowest BCUT2D eigenvalue weighted by Gasteiger charge is -2.34. The Morgan fingerprint density at radius 1 is 1.20 bits per heavy atom. The topological polar surface area (TPSA) is 65.1 Å². The minimum atomic E-state index is -0.817. The number of ether oxygens (including phenoxy) is 3. The van der Waals surface area contributed by atoms with Crippen molar-refractivity contribution in [3.05, 3.63) is 41.1 Å². The first-order valence-corrected chi connectivity index (χ1v) is 8.30. The Bertz CT molecular complexity index is 899. The van der Waals surface area contributed by atoms with E-state index in [4.69, 9.17) is 14.2 Å². The number of hydrogen-bond acceptors (Lipinski definition) is 6. The summed E-state index contributed by atoms with van der Waals surface area (Å²) in [5.41, 5.74) is 3.04. The molecule has 1 saturated heterocycles. The lowest BCUT2D eigenvalue weighted by Crippen LogP contribution is -2.35. The molecule has 6 nitrogen and oxygen atoms in total. The summed E-state index contributed by atoms with van der Waals surface area (Å²) in [7, 11) is 3.22. The van der Waals surface area contributed by atoms with Crippen molar-refractivity contribution in [1.82, 2.24) is 4.90 Å². The molecule has 6 heteroatoms. The van der Waals surface area contributed by atoms with Crippen molar-refractivity contribution in [3.8, 4) is 11.5 Å². The third-order valence-electron chi connectivity index (χ3n) is 5.63. The molecular weight excluding hydrogens is 322 g/mol. The SMILES string of the molecule is COc1cc2c(cc1OC)C1=C[C@@]34C[C@@H](OC3=O)C(=O)C=C4N1CC2. The number of fused-ring (bicyclic) bond motifs is 5. The lowest BCUT2D eigenvalue weighted by molar-refractivity contribution is -0.148. The molecule has 0 radical (unpaired) electrons. The normalized spacial score (nSPS) is 28.6. The highest BCUT2D eigenvalue weighted by Crippen LogP contribution is 2.56. The molecule has 1 fully saturated rings. The zero-order valence-corrected chi connectivity index (χ0v) is 14.0. The first-order chi connectivity index (χ1) is 12.1. The number of benzene rings is 1. The van der Waals surface area contributed by atoms with E-state index in [0.717, 1.165) is 28.9 Å². The summed E-state index contributed by atoms with van der Waals surface area (Å²) in [6.45, 7) is 0.715.